The first kappa shape index (κ1) is 17.3. The summed E-state index contributed by atoms with van der Waals surface area (Å²) in [4.78, 5) is 9.71. The topological polar surface area (TPSA) is 42.5 Å². The molecule has 0 saturated carbocycles. The van der Waals surface area contributed by atoms with Crippen LogP contribution in [0, 0.1) is 0 Å². The third-order valence-electron chi connectivity index (χ3n) is 3.47. The Kier molecular flexibility index (Phi) is 5.58. The average Bonchev–Trinajstić information content (AvgIpc) is 3.04. The van der Waals surface area contributed by atoms with E-state index in [1.54, 1.807) is 23.6 Å². The zero-order valence-corrected chi connectivity index (χ0v) is 15.3. The normalized spacial score (nSPS) is 12.4. The van der Waals surface area contributed by atoms with Crippen LogP contribution in [0.3, 0.4) is 0 Å². The van der Waals surface area contributed by atoms with E-state index in [-0.39, 0.29) is 0 Å². The zero-order valence-electron chi connectivity index (χ0n) is 13.8. The van der Waals surface area contributed by atoms with Gasteiger partial charge in [0, 0.05) is 22.2 Å². The van der Waals surface area contributed by atoms with E-state index in [4.69, 9.17) is 16.7 Å². The SMILES string of the molecule is C=CCN=c1scc(-c2ccc(Cl)cc2)n1/N=C(\C)c1ccccn1. The summed E-state index contributed by atoms with van der Waals surface area (Å²) >= 11 is 7.55. The van der Waals surface area contributed by atoms with Gasteiger partial charge in [-0.1, -0.05) is 35.9 Å². The van der Waals surface area contributed by atoms with E-state index in [2.05, 4.69) is 16.6 Å². The van der Waals surface area contributed by atoms with E-state index >= 15 is 0 Å². The van der Waals surface area contributed by atoms with Gasteiger partial charge in [-0.05, 0) is 31.2 Å². The maximum atomic E-state index is 6.01. The van der Waals surface area contributed by atoms with Crippen LogP contribution >= 0.6 is 22.9 Å². The van der Waals surface area contributed by atoms with Crippen molar-refractivity contribution in [2.24, 2.45) is 10.1 Å². The first-order valence-electron chi connectivity index (χ1n) is 7.74. The van der Waals surface area contributed by atoms with Crippen LogP contribution in [0.1, 0.15) is 12.6 Å². The average molecular weight is 369 g/mol. The summed E-state index contributed by atoms with van der Waals surface area (Å²) in [7, 11) is 0. The maximum absolute atomic E-state index is 6.01. The first-order valence-corrected chi connectivity index (χ1v) is 8.99. The molecular formula is C19H17ClN4S. The molecule has 1 aromatic carbocycles. The molecule has 3 rings (SSSR count). The molecule has 2 aromatic heterocycles. The van der Waals surface area contributed by atoms with Crippen molar-refractivity contribution in [3.05, 3.63) is 82.2 Å². The van der Waals surface area contributed by atoms with Crippen molar-refractivity contribution in [1.82, 2.24) is 9.66 Å². The Morgan fingerprint density at radius 1 is 1.28 bits per heavy atom. The highest BCUT2D eigenvalue weighted by Crippen LogP contribution is 2.22. The van der Waals surface area contributed by atoms with Gasteiger partial charge < -0.3 is 0 Å². The van der Waals surface area contributed by atoms with Gasteiger partial charge in [0.05, 0.1) is 23.6 Å². The molecule has 0 bridgehead atoms. The molecule has 0 atom stereocenters. The summed E-state index contributed by atoms with van der Waals surface area (Å²) in [6.45, 7) is 6.21. The summed E-state index contributed by atoms with van der Waals surface area (Å²) in [6, 6.07) is 13.5. The number of thiazole rings is 1. The number of aromatic nitrogens is 2. The minimum absolute atomic E-state index is 0.540. The van der Waals surface area contributed by atoms with E-state index in [0.29, 0.717) is 11.6 Å². The minimum Gasteiger partial charge on any atom is -0.255 e. The summed E-state index contributed by atoms with van der Waals surface area (Å²) < 4.78 is 1.85. The van der Waals surface area contributed by atoms with Gasteiger partial charge in [-0.2, -0.15) is 5.10 Å². The highest BCUT2D eigenvalue weighted by atomic mass is 35.5. The molecule has 0 spiro atoms. The lowest BCUT2D eigenvalue weighted by Crippen LogP contribution is -2.15. The molecule has 0 amide bonds. The van der Waals surface area contributed by atoms with E-state index in [0.717, 1.165) is 27.5 Å². The van der Waals surface area contributed by atoms with E-state index in [1.165, 1.54) is 0 Å². The number of benzene rings is 1. The van der Waals surface area contributed by atoms with Crippen LogP contribution in [0.25, 0.3) is 11.3 Å². The molecule has 0 unspecified atom stereocenters. The van der Waals surface area contributed by atoms with Crippen molar-refractivity contribution in [3.8, 4) is 11.3 Å². The Hall–Kier alpha value is -2.50. The van der Waals surface area contributed by atoms with Crippen molar-refractivity contribution >= 4 is 28.6 Å². The van der Waals surface area contributed by atoms with E-state index in [9.17, 15) is 0 Å². The van der Waals surface area contributed by atoms with Gasteiger partial charge in [-0.3, -0.25) is 9.98 Å². The number of hydrogen-bond acceptors (Lipinski definition) is 4. The second-order valence-electron chi connectivity index (χ2n) is 5.25. The van der Waals surface area contributed by atoms with Crippen LogP contribution in [0.2, 0.25) is 5.02 Å². The van der Waals surface area contributed by atoms with Crippen molar-refractivity contribution in [2.45, 2.75) is 6.92 Å². The fourth-order valence-electron chi connectivity index (χ4n) is 2.24. The number of nitrogens with zero attached hydrogens (tertiary/aromatic N) is 4. The summed E-state index contributed by atoms with van der Waals surface area (Å²) in [5, 5.41) is 7.51. The van der Waals surface area contributed by atoms with Crippen molar-refractivity contribution < 1.29 is 0 Å². The van der Waals surface area contributed by atoms with Gasteiger partial charge in [-0.25, -0.2) is 4.68 Å². The molecule has 2 heterocycles. The van der Waals surface area contributed by atoms with Gasteiger partial charge in [0.25, 0.3) is 0 Å². The maximum Gasteiger partial charge on any atom is 0.206 e. The summed E-state index contributed by atoms with van der Waals surface area (Å²) in [5.41, 5.74) is 3.63. The predicted octanol–water partition coefficient (Wildman–Crippen LogP) is 4.62. The van der Waals surface area contributed by atoms with Gasteiger partial charge in [0.1, 0.15) is 0 Å². The smallest absolute Gasteiger partial charge is 0.206 e. The molecule has 0 aliphatic carbocycles. The number of rotatable bonds is 5. The molecule has 0 aliphatic heterocycles. The van der Waals surface area contributed by atoms with Crippen LogP contribution < -0.4 is 4.80 Å². The summed E-state index contributed by atoms with van der Waals surface area (Å²) in [6.07, 6.45) is 3.52. The third kappa shape index (κ3) is 4.13. The molecule has 25 heavy (non-hydrogen) atoms. The predicted molar refractivity (Wildman–Crippen MR) is 105 cm³/mol. The van der Waals surface area contributed by atoms with Crippen LogP contribution in [-0.2, 0) is 0 Å². The Labute approximate surface area is 155 Å². The molecule has 0 fully saturated rings. The Balaban J connectivity index is 2.13. The van der Waals surface area contributed by atoms with Crippen LogP contribution in [0.4, 0.5) is 0 Å². The van der Waals surface area contributed by atoms with Gasteiger partial charge in [0.15, 0.2) is 0 Å². The highest BCUT2D eigenvalue weighted by molar-refractivity contribution is 7.07. The molecule has 0 N–H and O–H groups in total. The van der Waals surface area contributed by atoms with Gasteiger partial charge >= 0.3 is 0 Å². The van der Waals surface area contributed by atoms with Crippen LogP contribution in [-0.4, -0.2) is 21.9 Å². The molecular weight excluding hydrogens is 352 g/mol. The fourth-order valence-corrected chi connectivity index (χ4v) is 3.21. The molecule has 0 radical (unpaired) electrons. The second kappa shape index (κ2) is 8.05. The standard InChI is InChI=1S/C19H17ClN4S/c1-3-11-22-19-24(23-14(2)17-6-4-5-12-21-17)18(13-25-19)15-7-9-16(20)10-8-15/h3-10,12-13H,1,11H2,2H3/b22-19?,23-14+. The van der Waals surface area contributed by atoms with E-state index < -0.39 is 0 Å². The zero-order chi connectivity index (χ0) is 17.6. The lowest BCUT2D eigenvalue weighted by molar-refractivity contribution is 0.833. The summed E-state index contributed by atoms with van der Waals surface area (Å²) in [5.74, 6) is 0. The Morgan fingerprint density at radius 3 is 2.76 bits per heavy atom. The molecule has 0 saturated heterocycles. The quantitative estimate of drug-likeness (QED) is 0.478. The van der Waals surface area contributed by atoms with Crippen molar-refractivity contribution in [2.75, 3.05) is 6.54 Å². The number of hydrogen-bond donors (Lipinski definition) is 0. The fraction of sp³-hybridized carbons (Fsp3) is 0.105. The lowest BCUT2D eigenvalue weighted by atomic mass is 10.2. The highest BCUT2D eigenvalue weighted by Gasteiger charge is 2.09. The van der Waals surface area contributed by atoms with Crippen molar-refractivity contribution in [3.63, 3.8) is 0 Å². The monoisotopic (exact) mass is 368 g/mol. The molecule has 0 aliphatic rings. The largest absolute Gasteiger partial charge is 0.255 e. The third-order valence-corrected chi connectivity index (χ3v) is 4.57. The van der Waals surface area contributed by atoms with E-state index in [1.807, 2.05) is 59.4 Å². The number of pyridine rings is 1. The van der Waals surface area contributed by atoms with Crippen LogP contribution in [0.15, 0.2) is 76.8 Å². The van der Waals surface area contributed by atoms with Crippen molar-refractivity contribution in [1.29, 1.82) is 0 Å². The molecule has 6 heteroatoms. The lowest BCUT2D eigenvalue weighted by Gasteiger charge is -2.06. The second-order valence-corrected chi connectivity index (χ2v) is 6.52. The Bertz CT molecular complexity index is 953. The number of halogens is 1. The first-order chi connectivity index (χ1) is 12.2. The minimum atomic E-state index is 0.540. The van der Waals surface area contributed by atoms with Gasteiger partial charge in [0.2, 0.25) is 4.80 Å². The Morgan fingerprint density at radius 2 is 2.08 bits per heavy atom. The van der Waals surface area contributed by atoms with Crippen LogP contribution in [0.5, 0.6) is 0 Å². The molecule has 126 valence electrons. The molecule has 4 nitrogen and oxygen atoms in total. The van der Waals surface area contributed by atoms with Gasteiger partial charge in [-0.15, -0.1) is 17.9 Å². The molecule has 3 aromatic rings.